The monoisotopic (exact) mass is 372 g/mol. The van der Waals surface area contributed by atoms with Crippen LogP contribution in [0.4, 0.5) is 5.69 Å². The van der Waals surface area contributed by atoms with Crippen LogP contribution >= 0.6 is 11.6 Å². The molecule has 0 saturated heterocycles. The summed E-state index contributed by atoms with van der Waals surface area (Å²) in [5.41, 5.74) is 2.54. The molecule has 1 atom stereocenters. The van der Waals surface area contributed by atoms with Gasteiger partial charge in [0.1, 0.15) is 11.8 Å². The number of rotatable bonds is 6. The Hall–Kier alpha value is -2.53. The summed E-state index contributed by atoms with van der Waals surface area (Å²) in [6.07, 6.45) is 0.650. The van der Waals surface area contributed by atoms with Gasteiger partial charge in [0.15, 0.2) is 0 Å². The van der Waals surface area contributed by atoms with Crippen molar-refractivity contribution in [3.05, 3.63) is 58.6 Å². The molecule has 2 aromatic rings. The Morgan fingerprint density at radius 1 is 1.27 bits per heavy atom. The van der Waals surface area contributed by atoms with Crippen molar-refractivity contribution in [1.29, 1.82) is 0 Å². The van der Waals surface area contributed by atoms with Crippen molar-refractivity contribution < 1.29 is 14.3 Å². The summed E-state index contributed by atoms with van der Waals surface area (Å²) in [5, 5.41) is 3.21. The molecule has 2 amide bonds. The number of benzene rings is 2. The minimum atomic E-state index is -0.682. The molecule has 0 fully saturated rings. The molecular formula is C20H21ClN2O3. The second-order valence-electron chi connectivity index (χ2n) is 6.32. The SMILES string of the molecule is CC(=O)N[C@H]1C(=O)N(CCCOc2cccc(C)c2)c2c(Cl)cccc21. The van der Waals surface area contributed by atoms with Gasteiger partial charge < -0.3 is 15.0 Å². The summed E-state index contributed by atoms with van der Waals surface area (Å²) in [4.78, 5) is 25.9. The van der Waals surface area contributed by atoms with E-state index < -0.39 is 6.04 Å². The van der Waals surface area contributed by atoms with Crippen molar-refractivity contribution in [2.45, 2.75) is 26.3 Å². The molecule has 0 bridgehead atoms. The number of amides is 2. The van der Waals surface area contributed by atoms with Gasteiger partial charge in [0, 0.05) is 19.0 Å². The van der Waals surface area contributed by atoms with E-state index in [1.54, 1.807) is 17.0 Å². The number of carbonyl (C=O) groups excluding carboxylic acids is 2. The summed E-state index contributed by atoms with van der Waals surface area (Å²) < 4.78 is 5.75. The van der Waals surface area contributed by atoms with Crippen LogP contribution in [0.15, 0.2) is 42.5 Å². The van der Waals surface area contributed by atoms with E-state index in [1.165, 1.54) is 6.92 Å². The van der Waals surface area contributed by atoms with Crippen molar-refractivity contribution in [3.8, 4) is 5.75 Å². The standard InChI is InChI=1S/C20H21ClN2O3/c1-13-6-3-7-15(12-13)26-11-5-10-23-19-16(8-4-9-17(19)21)18(20(23)25)22-14(2)24/h3-4,6-9,12,18H,5,10-11H2,1-2H3,(H,22,24)/t18-/m1/s1. The van der Waals surface area contributed by atoms with E-state index in [9.17, 15) is 9.59 Å². The third-order valence-corrected chi connectivity index (χ3v) is 4.55. The van der Waals surface area contributed by atoms with E-state index in [0.717, 1.165) is 16.9 Å². The van der Waals surface area contributed by atoms with Gasteiger partial charge in [-0.2, -0.15) is 0 Å². The molecule has 0 radical (unpaired) electrons. The van der Waals surface area contributed by atoms with Crippen molar-refractivity contribution in [2.24, 2.45) is 0 Å². The molecule has 0 aromatic heterocycles. The highest BCUT2D eigenvalue weighted by molar-refractivity contribution is 6.34. The van der Waals surface area contributed by atoms with E-state index in [2.05, 4.69) is 5.32 Å². The van der Waals surface area contributed by atoms with Crippen LogP contribution in [0.25, 0.3) is 0 Å². The van der Waals surface area contributed by atoms with Crippen LogP contribution in [0, 0.1) is 6.92 Å². The van der Waals surface area contributed by atoms with Crippen LogP contribution in [0.3, 0.4) is 0 Å². The van der Waals surface area contributed by atoms with Gasteiger partial charge in [0.25, 0.3) is 5.91 Å². The van der Waals surface area contributed by atoms with Crippen LogP contribution in [0.2, 0.25) is 5.02 Å². The first kappa shape index (κ1) is 18.3. The summed E-state index contributed by atoms with van der Waals surface area (Å²) in [6.45, 7) is 4.36. The molecule has 5 nitrogen and oxygen atoms in total. The Morgan fingerprint density at radius 2 is 2.04 bits per heavy atom. The number of fused-ring (bicyclic) bond motifs is 1. The number of aryl methyl sites for hydroxylation is 1. The van der Waals surface area contributed by atoms with Crippen LogP contribution < -0.4 is 15.0 Å². The Morgan fingerprint density at radius 3 is 2.77 bits per heavy atom. The average molecular weight is 373 g/mol. The summed E-state index contributed by atoms with van der Waals surface area (Å²) in [7, 11) is 0. The third-order valence-electron chi connectivity index (χ3n) is 4.24. The van der Waals surface area contributed by atoms with E-state index >= 15 is 0 Å². The van der Waals surface area contributed by atoms with Crippen molar-refractivity contribution in [1.82, 2.24) is 5.32 Å². The second kappa shape index (κ2) is 7.79. The number of ether oxygens (including phenoxy) is 1. The first-order valence-corrected chi connectivity index (χ1v) is 8.91. The van der Waals surface area contributed by atoms with E-state index in [1.807, 2.05) is 37.3 Å². The van der Waals surface area contributed by atoms with Gasteiger partial charge in [0.2, 0.25) is 5.91 Å². The maximum Gasteiger partial charge on any atom is 0.254 e. The van der Waals surface area contributed by atoms with Gasteiger partial charge >= 0.3 is 0 Å². The van der Waals surface area contributed by atoms with Gasteiger partial charge in [-0.25, -0.2) is 0 Å². The lowest BCUT2D eigenvalue weighted by atomic mass is 10.1. The number of nitrogens with one attached hydrogen (secondary N) is 1. The zero-order valence-electron chi connectivity index (χ0n) is 14.8. The summed E-state index contributed by atoms with van der Waals surface area (Å²) in [6, 6.07) is 12.5. The fourth-order valence-electron chi connectivity index (χ4n) is 3.13. The quantitative estimate of drug-likeness (QED) is 0.787. The summed E-state index contributed by atoms with van der Waals surface area (Å²) in [5.74, 6) is 0.394. The first-order chi connectivity index (χ1) is 12.5. The minimum Gasteiger partial charge on any atom is -0.494 e. The van der Waals surface area contributed by atoms with Crippen LogP contribution in [-0.4, -0.2) is 25.0 Å². The molecule has 26 heavy (non-hydrogen) atoms. The normalized spacial score (nSPS) is 15.7. The molecule has 0 saturated carbocycles. The minimum absolute atomic E-state index is 0.168. The molecule has 1 aliphatic rings. The van der Waals surface area contributed by atoms with Crippen molar-refractivity contribution in [3.63, 3.8) is 0 Å². The molecule has 0 spiro atoms. The Bertz CT molecular complexity index is 838. The van der Waals surface area contributed by atoms with E-state index in [0.29, 0.717) is 30.3 Å². The van der Waals surface area contributed by atoms with Gasteiger partial charge in [-0.1, -0.05) is 35.9 Å². The molecule has 0 unspecified atom stereocenters. The smallest absolute Gasteiger partial charge is 0.254 e. The molecule has 0 aliphatic carbocycles. The molecule has 3 rings (SSSR count). The highest BCUT2D eigenvalue weighted by atomic mass is 35.5. The van der Waals surface area contributed by atoms with Gasteiger partial charge in [-0.05, 0) is 37.1 Å². The zero-order chi connectivity index (χ0) is 18.7. The molecule has 1 heterocycles. The lowest BCUT2D eigenvalue weighted by molar-refractivity contribution is -0.126. The second-order valence-corrected chi connectivity index (χ2v) is 6.73. The van der Waals surface area contributed by atoms with Gasteiger partial charge in [0.05, 0.1) is 17.3 Å². The number of nitrogens with zero attached hydrogens (tertiary/aromatic N) is 1. The molecular weight excluding hydrogens is 352 g/mol. The van der Waals surface area contributed by atoms with Crippen LogP contribution in [0.1, 0.15) is 30.5 Å². The number of halogens is 1. The van der Waals surface area contributed by atoms with Gasteiger partial charge in [-0.15, -0.1) is 0 Å². The Kier molecular flexibility index (Phi) is 5.47. The zero-order valence-corrected chi connectivity index (χ0v) is 15.5. The Balaban J connectivity index is 1.68. The lowest BCUT2D eigenvalue weighted by Gasteiger charge is -2.19. The fraction of sp³-hybridized carbons (Fsp3) is 0.300. The topological polar surface area (TPSA) is 58.6 Å². The largest absolute Gasteiger partial charge is 0.494 e. The average Bonchev–Trinajstić information content (AvgIpc) is 2.85. The number of anilines is 1. The highest BCUT2D eigenvalue weighted by Crippen LogP contribution is 2.40. The molecule has 6 heteroatoms. The predicted octanol–water partition coefficient (Wildman–Crippen LogP) is 3.64. The maximum absolute atomic E-state index is 12.8. The molecule has 136 valence electrons. The predicted molar refractivity (Wildman–Crippen MR) is 102 cm³/mol. The summed E-state index contributed by atoms with van der Waals surface area (Å²) >= 11 is 6.32. The number of carbonyl (C=O) groups is 2. The first-order valence-electron chi connectivity index (χ1n) is 8.53. The maximum atomic E-state index is 12.8. The number of hydrogen-bond acceptors (Lipinski definition) is 3. The molecule has 2 aromatic carbocycles. The van der Waals surface area contributed by atoms with Crippen LogP contribution in [0.5, 0.6) is 5.75 Å². The van der Waals surface area contributed by atoms with Crippen molar-refractivity contribution >= 4 is 29.1 Å². The van der Waals surface area contributed by atoms with Gasteiger partial charge in [-0.3, -0.25) is 9.59 Å². The van der Waals surface area contributed by atoms with E-state index in [-0.39, 0.29) is 11.8 Å². The number of para-hydroxylation sites is 1. The molecule has 1 N–H and O–H groups in total. The third kappa shape index (κ3) is 3.83. The molecule has 1 aliphatic heterocycles. The van der Waals surface area contributed by atoms with Crippen LogP contribution in [-0.2, 0) is 9.59 Å². The highest BCUT2D eigenvalue weighted by Gasteiger charge is 2.38. The Labute approximate surface area is 157 Å². The van der Waals surface area contributed by atoms with E-state index in [4.69, 9.17) is 16.3 Å². The number of hydrogen-bond donors (Lipinski definition) is 1. The fourth-order valence-corrected chi connectivity index (χ4v) is 3.42. The van der Waals surface area contributed by atoms with Crippen molar-refractivity contribution in [2.75, 3.05) is 18.1 Å². The lowest BCUT2D eigenvalue weighted by Crippen LogP contribution is -2.37.